The Labute approximate surface area is 225 Å². The Balaban J connectivity index is 1.31. The highest BCUT2D eigenvalue weighted by Crippen LogP contribution is 2.49. The third-order valence-electron chi connectivity index (χ3n) is 7.22. The number of nitrogens with one attached hydrogen (secondary N) is 1. The molecule has 1 N–H and O–H groups in total. The Kier molecular flexibility index (Phi) is 6.26. The van der Waals surface area contributed by atoms with E-state index in [9.17, 15) is 9.59 Å². The summed E-state index contributed by atoms with van der Waals surface area (Å²) in [5.74, 6) is 1.49. The van der Waals surface area contributed by atoms with Gasteiger partial charge in [0.15, 0.2) is 5.76 Å². The maximum Gasteiger partial charge on any atom is 0.415 e. The standard InChI is InChI=1S/C30H28N4O5/c1-3-37-28(35)30(15-16-30)21-13-11-20(12-14-21)22-7-4-5-8-23(22)27-26(19(2)33-39-27)32-24-9-6-10-25(31-24)34-17-18-38-29(34)36/h4-14H,3,15-18H2,1-2H3,(H,31,32). The summed E-state index contributed by atoms with van der Waals surface area (Å²) in [4.78, 5) is 30.7. The normalized spacial score (nSPS) is 15.6. The van der Waals surface area contributed by atoms with Gasteiger partial charge in [-0.15, -0.1) is 0 Å². The number of hydrogen-bond acceptors (Lipinski definition) is 8. The molecular weight excluding hydrogens is 496 g/mol. The number of esters is 1. The number of carbonyl (C=O) groups is 2. The second-order valence-electron chi connectivity index (χ2n) is 9.67. The van der Waals surface area contributed by atoms with Gasteiger partial charge in [0.25, 0.3) is 0 Å². The van der Waals surface area contributed by atoms with Gasteiger partial charge in [-0.1, -0.05) is 59.8 Å². The number of ether oxygens (including phenoxy) is 2. The maximum absolute atomic E-state index is 12.5. The van der Waals surface area contributed by atoms with Gasteiger partial charge in [0.1, 0.15) is 29.6 Å². The van der Waals surface area contributed by atoms with Crippen LogP contribution in [-0.2, 0) is 19.7 Å². The first kappa shape index (κ1) is 24.7. The van der Waals surface area contributed by atoms with Crippen LogP contribution in [0.5, 0.6) is 0 Å². The third kappa shape index (κ3) is 4.50. The van der Waals surface area contributed by atoms with Gasteiger partial charge in [-0.2, -0.15) is 0 Å². The summed E-state index contributed by atoms with van der Waals surface area (Å²) in [7, 11) is 0. The Morgan fingerprint density at radius 3 is 2.51 bits per heavy atom. The monoisotopic (exact) mass is 524 g/mol. The van der Waals surface area contributed by atoms with Crippen molar-refractivity contribution in [3.8, 4) is 22.5 Å². The molecule has 9 nitrogen and oxygen atoms in total. The van der Waals surface area contributed by atoms with Crippen LogP contribution < -0.4 is 10.2 Å². The average Bonchev–Trinajstić information content (AvgIpc) is 3.55. The first-order valence-corrected chi connectivity index (χ1v) is 13.0. The fourth-order valence-electron chi connectivity index (χ4n) is 4.98. The van der Waals surface area contributed by atoms with E-state index in [0.717, 1.165) is 35.1 Å². The van der Waals surface area contributed by atoms with Crippen LogP contribution in [0.3, 0.4) is 0 Å². The molecule has 2 aliphatic rings. The average molecular weight is 525 g/mol. The minimum atomic E-state index is -0.513. The van der Waals surface area contributed by atoms with Crippen LogP contribution in [0.2, 0.25) is 0 Å². The Morgan fingerprint density at radius 1 is 1.05 bits per heavy atom. The molecule has 0 spiro atoms. The number of aromatic nitrogens is 2. The van der Waals surface area contributed by atoms with E-state index in [4.69, 9.17) is 14.0 Å². The molecule has 0 bridgehead atoms. The lowest BCUT2D eigenvalue weighted by Crippen LogP contribution is -2.24. The summed E-state index contributed by atoms with van der Waals surface area (Å²) >= 11 is 0. The van der Waals surface area contributed by atoms with Gasteiger partial charge in [0.05, 0.1) is 18.6 Å². The van der Waals surface area contributed by atoms with Gasteiger partial charge in [0, 0.05) is 5.56 Å². The lowest BCUT2D eigenvalue weighted by molar-refractivity contribution is -0.146. The number of rotatable bonds is 8. The van der Waals surface area contributed by atoms with Crippen molar-refractivity contribution >= 4 is 29.4 Å². The molecular formula is C30H28N4O5. The van der Waals surface area contributed by atoms with E-state index in [1.807, 2.05) is 74.5 Å². The van der Waals surface area contributed by atoms with Gasteiger partial charge >= 0.3 is 12.1 Å². The molecule has 1 saturated carbocycles. The van der Waals surface area contributed by atoms with Crippen LogP contribution in [-0.4, -0.2) is 42.0 Å². The molecule has 1 aliphatic heterocycles. The largest absolute Gasteiger partial charge is 0.465 e. The molecule has 0 radical (unpaired) electrons. The topological polar surface area (TPSA) is 107 Å². The molecule has 3 heterocycles. The lowest BCUT2D eigenvalue weighted by Gasteiger charge is -2.16. The smallest absolute Gasteiger partial charge is 0.415 e. The molecule has 39 heavy (non-hydrogen) atoms. The highest BCUT2D eigenvalue weighted by Gasteiger charge is 2.52. The number of cyclic esters (lactones) is 1. The first-order chi connectivity index (χ1) is 19.0. The second-order valence-corrected chi connectivity index (χ2v) is 9.67. The summed E-state index contributed by atoms with van der Waals surface area (Å²) in [6, 6.07) is 21.5. The minimum absolute atomic E-state index is 0.148. The van der Waals surface area contributed by atoms with Gasteiger partial charge in [0.2, 0.25) is 0 Å². The van der Waals surface area contributed by atoms with Gasteiger partial charge in [-0.05, 0) is 55.5 Å². The molecule has 1 saturated heterocycles. The number of anilines is 3. The summed E-state index contributed by atoms with van der Waals surface area (Å²) < 4.78 is 16.2. The molecule has 9 heteroatoms. The summed E-state index contributed by atoms with van der Waals surface area (Å²) in [5, 5.41) is 7.57. The van der Waals surface area contributed by atoms with Crippen molar-refractivity contribution in [2.75, 3.05) is 30.0 Å². The molecule has 198 valence electrons. The summed E-state index contributed by atoms with van der Waals surface area (Å²) in [6.07, 6.45) is 1.21. The van der Waals surface area contributed by atoms with E-state index in [1.54, 1.807) is 6.07 Å². The van der Waals surface area contributed by atoms with Crippen LogP contribution in [0.25, 0.3) is 22.5 Å². The molecule has 1 aliphatic carbocycles. The van der Waals surface area contributed by atoms with Gasteiger partial charge < -0.3 is 19.3 Å². The number of amides is 1. The quantitative estimate of drug-likeness (QED) is 0.280. The number of benzene rings is 2. The van der Waals surface area contributed by atoms with Crippen molar-refractivity contribution in [1.29, 1.82) is 0 Å². The predicted molar refractivity (Wildman–Crippen MR) is 146 cm³/mol. The third-order valence-corrected chi connectivity index (χ3v) is 7.22. The second kappa shape index (κ2) is 9.90. The molecule has 2 aromatic carbocycles. The Hall–Kier alpha value is -4.66. The summed E-state index contributed by atoms with van der Waals surface area (Å²) in [6.45, 7) is 4.87. The molecule has 2 fully saturated rings. The van der Waals surface area contributed by atoms with E-state index in [1.165, 1.54) is 4.90 Å². The number of nitrogens with zero attached hydrogens (tertiary/aromatic N) is 3. The van der Waals surface area contributed by atoms with Gasteiger partial charge in [-0.25, -0.2) is 9.78 Å². The van der Waals surface area contributed by atoms with Crippen LogP contribution >= 0.6 is 0 Å². The number of carbonyl (C=O) groups excluding carboxylic acids is 2. The summed E-state index contributed by atoms with van der Waals surface area (Å²) in [5.41, 5.74) is 4.64. The number of hydrogen-bond donors (Lipinski definition) is 1. The molecule has 0 unspecified atom stereocenters. The van der Waals surface area contributed by atoms with Crippen molar-refractivity contribution in [1.82, 2.24) is 10.1 Å². The van der Waals surface area contributed by atoms with E-state index >= 15 is 0 Å². The SMILES string of the molecule is CCOC(=O)C1(c2ccc(-c3ccccc3-c3onc(C)c3Nc3cccc(N4CCOC4=O)n3)cc2)CC1. The van der Waals surface area contributed by atoms with Crippen molar-refractivity contribution in [2.24, 2.45) is 0 Å². The number of aryl methyl sites for hydroxylation is 1. The van der Waals surface area contributed by atoms with E-state index in [-0.39, 0.29) is 5.97 Å². The van der Waals surface area contributed by atoms with Crippen LogP contribution in [0.4, 0.5) is 22.1 Å². The van der Waals surface area contributed by atoms with Crippen molar-refractivity contribution in [3.05, 3.63) is 78.0 Å². The zero-order valence-corrected chi connectivity index (χ0v) is 21.8. The molecule has 0 atom stereocenters. The highest BCUT2D eigenvalue weighted by atomic mass is 16.6. The predicted octanol–water partition coefficient (Wildman–Crippen LogP) is 6.01. The maximum atomic E-state index is 12.5. The van der Waals surface area contributed by atoms with Crippen molar-refractivity contribution in [3.63, 3.8) is 0 Å². The molecule has 6 rings (SSSR count). The zero-order chi connectivity index (χ0) is 27.0. The highest BCUT2D eigenvalue weighted by molar-refractivity contribution is 5.90. The van der Waals surface area contributed by atoms with Crippen LogP contribution in [0, 0.1) is 6.92 Å². The minimum Gasteiger partial charge on any atom is -0.465 e. The first-order valence-electron chi connectivity index (χ1n) is 13.0. The number of pyridine rings is 1. The van der Waals surface area contributed by atoms with E-state index in [0.29, 0.717) is 48.5 Å². The van der Waals surface area contributed by atoms with E-state index < -0.39 is 11.5 Å². The Morgan fingerprint density at radius 2 is 1.82 bits per heavy atom. The van der Waals surface area contributed by atoms with Crippen molar-refractivity contribution in [2.45, 2.75) is 32.1 Å². The fraction of sp³-hybridized carbons (Fsp3) is 0.267. The van der Waals surface area contributed by atoms with Crippen molar-refractivity contribution < 1.29 is 23.6 Å². The Bertz CT molecular complexity index is 1540. The molecule has 1 amide bonds. The molecule has 4 aromatic rings. The molecule has 2 aromatic heterocycles. The zero-order valence-electron chi connectivity index (χ0n) is 21.8. The fourth-order valence-corrected chi connectivity index (χ4v) is 4.98. The lowest BCUT2D eigenvalue weighted by atomic mass is 9.92. The van der Waals surface area contributed by atoms with Gasteiger partial charge in [-0.3, -0.25) is 9.69 Å². The van der Waals surface area contributed by atoms with Crippen LogP contribution in [0.1, 0.15) is 31.0 Å². The van der Waals surface area contributed by atoms with Crippen LogP contribution in [0.15, 0.2) is 71.3 Å². The van der Waals surface area contributed by atoms with E-state index in [2.05, 4.69) is 15.5 Å².